The van der Waals surface area contributed by atoms with Crippen LogP contribution in [0.15, 0.2) is 4.99 Å². The normalized spacial score (nSPS) is 11.3. The Labute approximate surface area is 55.4 Å². The van der Waals surface area contributed by atoms with Gasteiger partial charge in [0, 0.05) is 21.0 Å². The Balaban J connectivity index is 4.04. The van der Waals surface area contributed by atoms with Gasteiger partial charge in [0.2, 0.25) is 5.91 Å². The number of carbonyl (C=O) groups excluding carboxylic acids is 1. The summed E-state index contributed by atoms with van der Waals surface area (Å²) in [6, 6.07) is 0. The number of rotatable bonds is 0. The molecule has 52 valence electrons. The molecule has 3 nitrogen and oxygen atoms in total. The van der Waals surface area contributed by atoms with Gasteiger partial charge in [-0.1, -0.05) is 0 Å². The molecule has 0 aromatic rings. The number of aliphatic imine (C=N–C) groups is 1. The lowest BCUT2D eigenvalue weighted by Crippen LogP contribution is -2.28. The minimum atomic E-state index is 0.0121. The quantitative estimate of drug-likeness (QED) is 0.345. The number of hydrogen-bond acceptors (Lipinski definition) is 2. The summed E-state index contributed by atoms with van der Waals surface area (Å²) in [6.45, 7) is 3.30. The topological polar surface area (TPSA) is 32.7 Å². The van der Waals surface area contributed by atoms with Crippen LogP contribution in [0.4, 0.5) is 0 Å². The molecule has 0 N–H and O–H groups in total. The maximum atomic E-state index is 10.6. The number of carbonyl (C=O) groups is 1. The molecule has 0 aliphatic carbocycles. The SMILES string of the molecule is CN=C(C)N(C)C(C)=O. The molecule has 9 heavy (non-hydrogen) atoms. The summed E-state index contributed by atoms with van der Waals surface area (Å²) < 4.78 is 0. The molecule has 0 heterocycles. The fourth-order valence-corrected chi connectivity index (χ4v) is 0.378. The Morgan fingerprint density at radius 2 is 1.89 bits per heavy atom. The van der Waals surface area contributed by atoms with Gasteiger partial charge in [-0.3, -0.25) is 9.79 Å². The van der Waals surface area contributed by atoms with Crippen molar-refractivity contribution >= 4 is 11.7 Å². The molecule has 0 spiro atoms. The Bertz CT molecular complexity index is 140. The highest BCUT2D eigenvalue weighted by Gasteiger charge is 2.02. The molecule has 0 unspecified atom stereocenters. The van der Waals surface area contributed by atoms with E-state index in [-0.39, 0.29) is 5.91 Å². The van der Waals surface area contributed by atoms with Crippen molar-refractivity contribution in [3.8, 4) is 0 Å². The molecule has 0 saturated carbocycles. The summed E-state index contributed by atoms with van der Waals surface area (Å²) >= 11 is 0. The predicted molar refractivity (Wildman–Crippen MR) is 37.5 cm³/mol. The molecule has 0 atom stereocenters. The van der Waals surface area contributed by atoms with Crippen molar-refractivity contribution in [3.63, 3.8) is 0 Å². The van der Waals surface area contributed by atoms with Crippen LogP contribution in [-0.4, -0.2) is 30.7 Å². The standard InChI is InChI=1S/C6H12N2O/c1-5(7-3)8(4)6(2)9/h1-4H3. The van der Waals surface area contributed by atoms with Gasteiger partial charge in [-0.15, -0.1) is 0 Å². The predicted octanol–water partition coefficient (Wildman–Crippen LogP) is 0.513. The zero-order chi connectivity index (χ0) is 7.44. The van der Waals surface area contributed by atoms with Gasteiger partial charge >= 0.3 is 0 Å². The Morgan fingerprint density at radius 3 is 2.00 bits per heavy atom. The van der Waals surface area contributed by atoms with Crippen LogP contribution in [0.2, 0.25) is 0 Å². The second-order valence-corrected chi connectivity index (χ2v) is 1.85. The molecule has 0 bridgehead atoms. The molecule has 3 heteroatoms. The van der Waals surface area contributed by atoms with E-state index in [1.807, 2.05) is 0 Å². The van der Waals surface area contributed by atoms with Crippen LogP contribution < -0.4 is 0 Å². The smallest absolute Gasteiger partial charge is 0.224 e. The van der Waals surface area contributed by atoms with Gasteiger partial charge in [0.25, 0.3) is 0 Å². The highest BCUT2D eigenvalue weighted by Crippen LogP contribution is 1.85. The van der Waals surface area contributed by atoms with Gasteiger partial charge in [-0.2, -0.15) is 0 Å². The highest BCUT2D eigenvalue weighted by atomic mass is 16.2. The van der Waals surface area contributed by atoms with Gasteiger partial charge in [0.1, 0.15) is 5.84 Å². The number of nitrogens with zero attached hydrogens (tertiary/aromatic N) is 2. The Hall–Kier alpha value is -0.860. The summed E-state index contributed by atoms with van der Waals surface area (Å²) in [5.74, 6) is 0.751. The van der Waals surface area contributed by atoms with Gasteiger partial charge in [0.15, 0.2) is 0 Å². The largest absolute Gasteiger partial charge is 0.304 e. The summed E-state index contributed by atoms with van der Waals surface area (Å²) in [4.78, 5) is 15.9. The molecular formula is C6H12N2O. The van der Waals surface area contributed by atoms with E-state index in [0.29, 0.717) is 0 Å². The second kappa shape index (κ2) is 3.22. The third kappa shape index (κ3) is 2.26. The lowest BCUT2D eigenvalue weighted by molar-refractivity contribution is -0.124. The fourth-order valence-electron chi connectivity index (χ4n) is 0.378. The first kappa shape index (κ1) is 8.14. The lowest BCUT2D eigenvalue weighted by atomic mass is 10.5. The van der Waals surface area contributed by atoms with Crippen LogP contribution >= 0.6 is 0 Å². The summed E-state index contributed by atoms with van der Waals surface area (Å²) in [5, 5.41) is 0. The Morgan fingerprint density at radius 1 is 1.44 bits per heavy atom. The lowest BCUT2D eigenvalue weighted by Gasteiger charge is -2.12. The molecule has 0 aliphatic rings. The summed E-state index contributed by atoms with van der Waals surface area (Å²) in [5.41, 5.74) is 0. The molecular weight excluding hydrogens is 116 g/mol. The van der Waals surface area contributed by atoms with Gasteiger partial charge in [-0.05, 0) is 6.92 Å². The van der Waals surface area contributed by atoms with Crippen molar-refractivity contribution in [1.29, 1.82) is 0 Å². The molecule has 0 aromatic carbocycles. The van der Waals surface area contributed by atoms with E-state index < -0.39 is 0 Å². The minimum absolute atomic E-state index is 0.0121. The van der Waals surface area contributed by atoms with Gasteiger partial charge < -0.3 is 4.90 Å². The molecule has 0 rings (SSSR count). The average molecular weight is 128 g/mol. The van der Waals surface area contributed by atoms with Crippen molar-refractivity contribution in [3.05, 3.63) is 0 Å². The number of amidine groups is 1. The van der Waals surface area contributed by atoms with E-state index in [1.54, 1.807) is 21.0 Å². The van der Waals surface area contributed by atoms with Crippen LogP contribution in [0.5, 0.6) is 0 Å². The number of amides is 1. The first-order valence-electron chi connectivity index (χ1n) is 2.77. The maximum Gasteiger partial charge on any atom is 0.224 e. The first-order valence-corrected chi connectivity index (χ1v) is 2.77. The second-order valence-electron chi connectivity index (χ2n) is 1.85. The number of hydrogen-bond donors (Lipinski definition) is 0. The van der Waals surface area contributed by atoms with Crippen LogP contribution in [0.1, 0.15) is 13.8 Å². The van der Waals surface area contributed by atoms with Crippen LogP contribution in [-0.2, 0) is 4.79 Å². The van der Waals surface area contributed by atoms with Crippen molar-refractivity contribution < 1.29 is 4.79 Å². The maximum absolute atomic E-state index is 10.6. The third-order valence-electron chi connectivity index (χ3n) is 1.28. The molecule has 0 fully saturated rings. The molecule has 1 amide bonds. The van der Waals surface area contributed by atoms with Gasteiger partial charge in [0.05, 0.1) is 0 Å². The Kier molecular flexibility index (Phi) is 2.91. The molecule has 0 radical (unpaired) electrons. The zero-order valence-electron chi connectivity index (χ0n) is 6.30. The van der Waals surface area contributed by atoms with E-state index in [9.17, 15) is 4.79 Å². The van der Waals surface area contributed by atoms with Crippen molar-refractivity contribution in [2.75, 3.05) is 14.1 Å². The van der Waals surface area contributed by atoms with E-state index >= 15 is 0 Å². The highest BCUT2D eigenvalue weighted by molar-refractivity contribution is 5.95. The molecule has 0 saturated heterocycles. The van der Waals surface area contributed by atoms with E-state index in [2.05, 4.69) is 4.99 Å². The van der Waals surface area contributed by atoms with E-state index in [1.165, 1.54) is 11.8 Å². The molecule has 0 aliphatic heterocycles. The van der Waals surface area contributed by atoms with Crippen LogP contribution in [0.25, 0.3) is 0 Å². The van der Waals surface area contributed by atoms with Gasteiger partial charge in [-0.25, -0.2) is 0 Å². The van der Waals surface area contributed by atoms with Crippen molar-refractivity contribution in [2.24, 2.45) is 4.99 Å². The fraction of sp³-hybridized carbons (Fsp3) is 0.667. The van der Waals surface area contributed by atoms with Crippen LogP contribution in [0, 0.1) is 0 Å². The summed E-state index contributed by atoms with van der Waals surface area (Å²) in [7, 11) is 3.36. The minimum Gasteiger partial charge on any atom is -0.304 e. The molecule has 0 aromatic heterocycles. The van der Waals surface area contributed by atoms with E-state index in [0.717, 1.165) is 5.84 Å². The average Bonchev–Trinajstić information content (AvgIpc) is 1.84. The first-order chi connectivity index (χ1) is 4.09. The summed E-state index contributed by atoms with van der Waals surface area (Å²) in [6.07, 6.45) is 0. The third-order valence-corrected chi connectivity index (χ3v) is 1.28. The monoisotopic (exact) mass is 128 g/mol. The van der Waals surface area contributed by atoms with Crippen molar-refractivity contribution in [2.45, 2.75) is 13.8 Å². The van der Waals surface area contributed by atoms with Crippen molar-refractivity contribution in [1.82, 2.24) is 4.90 Å². The van der Waals surface area contributed by atoms with E-state index in [4.69, 9.17) is 0 Å². The van der Waals surface area contributed by atoms with Crippen LogP contribution in [0.3, 0.4) is 0 Å². The zero-order valence-corrected chi connectivity index (χ0v) is 6.30.